The van der Waals surface area contributed by atoms with Gasteiger partial charge in [0.1, 0.15) is 16.9 Å². The van der Waals surface area contributed by atoms with E-state index in [-0.39, 0.29) is 40.2 Å². The van der Waals surface area contributed by atoms with Crippen molar-refractivity contribution in [3.05, 3.63) is 87.8 Å². The van der Waals surface area contributed by atoms with Gasteiger partial charge >= 0.3 is 5.97 Å². The summed E-state index contributed by atoms with van der Waals surface area (Å²) in [5.74, 6) is -2.04. The summed E-state index contributed by atoms with van der Waals surface area (Å²) in [6.45, 7) is 12.3. The monoisotopic (exact) mass is 563 g/mol. The molecule has 0 saturated carbocycles. The van der Waals surface area contributed by atoms with Gasteiger partial charge in [-0.15, -0.1) is 0 Å². The minimum absolute atomic E-state index is 0.0237. The quantitative estimate of drug-likeness (QED) is 0.137. The van der Waals surface area contributed by atoms with E-state index in [0.717, 1.165) is 30.4 Å². The third kappa shape index (κ3) is 7.48. The molecule has 0 unspecified atom stereocenters. The first kappa shape index (κ1) is 31.7. The number of ether oxygens (including phenoxy) is 2. The highest BCUT2D eigenvalue weighted by atomic mass is 19.1. The van der Waals surface area contributed by atoms with Crippen molar-refractivity contribution in [3.63, 3.8) is 0 Å². The van der Waals surface area contributed by atoms with Crippen LogP contribution in [0.4, 0.5) is 4.39 Å². The zero-order valence-electron chi connectivity index (χ0n) is 25.2. The van der Waals surface area contributed by atoms with Gasteiger partial charge in [-0.25, -0.2) is 4.39 Å². The fourth-order valence-corrected chi connectivity index (χ4v) is 5.22. The number of hydrogen-bond acceptors (Lipinski definition) is 6. The molecule has 0 amide bonds. The van der Waals surface area contributed by atoms with Gasteiger partial charge in [-0.1, -0.05) is 88.6 Å². The summed E-state index contributed by atoms with van der Waals surface area (Å²) in [5, 5.41) is 13.0. The summed E-state index contributed by atoms with van der Waals surface area (Å²) in [7, 11) is 0. The van der Waals surface area contributed by atoms with Crippen molar-refractivity contribution >= 4 is 11.8 Å². The molecule has 0 fully saturated rings. The van der Waals surface area contributed by atoms with Gasteiger partial charge in [0, 0.05) is 12.8 Å². The number of rotatable bonds is 13. The van der Waals surface area contributed by atoms with Crippen LogP contribution in [0.25, 0.3) is 0 Å². The normalized spacial score (nSPS) is 13.5. The van der Waals surface area contributed by atoms with Crippen LogP contribution in [0, 0.1) is 36.9 Å². The number of nitrogens with one attached hydrogen (secondary N) is 1. The zero-order chi connectivity index (χ0) is 30.3. The second kappa shape index (κ2) is 14.2. The van der Waals surface area contributed by atoms with Crippen molar-refractivity contribution in [3.8, 4) is 5.75 Å². The van der Waals surface area contributed by atoms with Crippen LogP contribution in [-0.2, 0) is 9.53 Å². The summed E-state index contributed by atoms with van der Waals surface area (Å²) in [6, 6.07) is 12.9. The fraction of sp³-hybridized carbons (Fsp3) is 0.455. The Hall–Kier alpha value is -3.81. The van der Waals surface area contributed by atoms with Crippen molar-refractivity contribution < 1.29 is 23.5 Å². The number of esters is 1. The molecule has 1 heterocycles. The van der Waals surface area contributed by atoms with Crippen LogP contribution in [0.3, 0.4) is 0 Å². The highest BCUT2D eigenvalue weighted by molar-refractivity contribution is 5.95. The van der Waals surface area contributed by atoms with E-state index in [4.69, 9.17) is 14.9 Å². The molecule has 7 nitrogen and oxygen atoms in total. The van der Waals surface area contributed by atoms with E-state index in [1.54, 1.807) is 37.6 Å². The largest absolute Gasteiger partial charge is 0.453 e. The van der Waals surface area contributed by atoms with Crippen LogP contribution in [-0.4, -0.2) is 28.3 Å². The molecule has 0 saturated heterocycles. The van der Waals surface area contributed by atoms with Gasteiger partial charge in [-0.05, 0) is 42.9 Å². The Morgan fingerprint density at radius 3 is 2.44 bits per heavy atom. The first-order chi connectivity index (χ1) is 19.5. The molecular formula is C33H42FN3O4. The number of ketones is 1. The number of Topliss-reactive ketones (excluding diaryl/α,β-unsaturated/α-hetero) is 1. The zero-order valence-corrected chi connectivity index (χ0v) is 25.2. The van der Waals surface area contributed by atoms with Gasteiger partial charge in [-0.3, -0.25) is 19.7 Å². The second-order valence-electron chi connectivity index (χ2n) is 11.1. The maximum absolute atomic E-state index is 15.9. The molecule has 0 aliphatic carbocycles. The SMILES string of the molecule is CCCC[C@@H](C)[C@H]([C@H](c1cccc(C)c1)c1cccc(C)c1F)n1ncc(=N)c(OCOC(=O)C(C)C)c1C(C)=O. The lowest BCUT2D eigenvalue weighted by Crippen LogP contribution is -2.33. The molecule has 0 aliphatic heterocycles. The summed E-state index contributed by atoms with van der Waals surface area (Å²) in [6.07, 6.45) is 4.05. The third-order valence-electron chi connectivity index (χ3n) is 7.39. The molecule has 41 heavy (non-hydrogen) atoms. The van der Waals surface area contributed by atoms with E-state index < -0.39 is 24.7 Å². The number of nitrogens with zero attached hydrogens (tertiary/aromatic N) is 2. The fourth-order valence-electron chi connectivity index (χ4n) is 5.22. The molecule has 3 atom stereocenters. The Morgan fingerprint density at radius 2 is 1.80 bits per heavy atom. The molecular weight excluding hydrogens is 521 g/mol. The van der Waals surface area contributed by atoms with Crippen LogP contribution in [0.15, 0.2) is 48.7 Å². The van der Waals surface area contributed by atoms with E-state index in [2.05, 4.69) is 18.9 Å². The molecule has 1 aromatic heterocycles. The van der Waals surface area contributed by atoms with Crippen molar-refractivity contribution in [1.29, 1.82) is 5.41 Å². The van der Waals surface area contributed by atoms with Crippen LogP contribution in [0.5, 0.6) is 5.75 Å². The van der Waals surface area contributed by atoms with E-state index in [9.17, 15) is 9.59 Å². The molecule has 0 bridgehead atoms. The number of benzene rings is 2. The van der Waals surface area contributed by atoms with Gasteiger partial charge in [0.2, 0.25) is 6.79 Å². The first-order valence-electron chi connectivity index (χ1n) is 14.3. The molecule has 3 aromatic rings. The molecule has 8 heteroatoms. The van der Waals surface area contributed by atoms with Gasteiger partial charge in [-0.2, -0.15) is 5.10 Å². The highest BCUT2D eigenvalue weighted by Crippen LogP contribution is 2.43. The molecule has 2 aromatic carbocycles. The molecule has 0 spiro atoms. The van der Waals surface area contributed by atoms with Crippen LogP contribution >= 0.6 is 0 Å². The molecule has 220 valence electrons. The smallest absolute Gasteiger partial charge is 0.311 e. The maximum Gasteiger partial charge on any atom is 0.311 e. The Balaban J connectivity index is 2.30. The average molecular weight is 564 g/mol. The lowest BCUT2D eigenvalue weighted by molar-refractivity contribution is -0.154. The minimum Gasteiger partial charge on any atom is -0.453 e. The van der Waals surface area contributed by atoms with E-state index in [1.165, 1.54) is 13.1 Å². The number of aromatic nitrogens is 2. The average Bonchev–Trinajstić information content (AvgIpc) is 2.92. The number of hydrogen-bond donors (Lipinski definition) is 1. The van der Waals surface area contributed by atoms with Crippen molar-refractivity contribution in [2.75, 3.05) is 6.79 Å². The maximum atomic E-state index is 15.9. The number of halogens is 1. The highest BCUT2D eigenvalue weighted by Gasteiger charge is 2.36. The first-order valence-corrected chi connectivity index (χ1v) is 14.3. The Morgan fingerprint density at radius 1 is 1.10 bits per heavy atom. The lowest BCUT2D eigenvalue weighted by Gasteiger charge is -2.36. The number of aryl methyl sites for hydroxylation is 2. The Labute approximate surface area is 242 Å². The van der Waals surface area contributed by atoms with Gasteiger partial charge in [0.05, 0.1) is 18.2 Å². The predicted octanol–water partition coefficient (Wildman–Crippen LogP) is 7.06. The molecule has 3 rings (SSSR count). The van der Waals surface area contributed by atoms with Crippen LogP contribution in [0.1, 0.15) is 98.6 Å². The van der Waals surface area contributed by atoms with Gasteiger partial charge in [0.25, 0.3) is 0 Å². The van der Waals surface area contributed by atoms with Crippen molar-refractivity contribution in [1.82, 2.24) is 9.78 Å². The van der Waals surface area contributed by atoms with E-state index in [0.29, 0.717) is 11.1 Å². The third-order valence-corrected chi connectivity index (χ3v) is 7.39. The topological polar surface area (TPSA) is 94.3 Å². The van der Waals surface area contributed by atoms with Crippen LogP contribution < -0.4 is 10.1 Å². The summed E-state index contributed by atoms with van der Waals surface area (Å²) in [5.41, 5.74) is 3.05. The molecule has 0 radical (unpaired) electrons. The standard InChI is InChI=1S/C33H42FN3O4/c1-8-9-13-23(6)30(28(25-15-10-12-21(4)17-25)26-16-11-14-22(5)29(26)34)37-31(24(7)38)32(27(35)18-36-37)40-19-41-33(39)20(2)3/h10-12,14-18,20,23,28,30,35H,8-9,13,19H2,1-7H3/t23-,28-,30-/m1/s1. The number of carbonyl (C=O) groups is 2. The summed E-state index contributed by atoms with van der Waals surface area (Å²) < 4.78 is 28.5. The second-order valence-corrected chi connectivity index (χ2v) is 11.1. The van der Waals surface area contributed by atoms with Crippen LogP contribution in [0.2, 0.25) is 0 Å². The molecule has 0 aliphatic rings. The van der Waals surface area contributed by atoms with Gasteiger partial charge < -0.3 is 9.47 Å². The van der Waals surface area contributed by atoms with Gasteiger partial charge in [0.15, 0.2) is 11.5 Å². The summed E-state index contributed by atoms with van der Waals surface area (Å²) >= 11 is 0. The minimum atomic E-state index is -0.500. The predicted molar refractivity (Wildman–Crippen MR) is 156 cm³/mol. The Bertz CT molecular complexity index is 1430. The molecule has 1 N–H and O–H groups in total. The van der Waals surface area contributed by atoms with Crippen molar-refractivity contribution in [2.24, 2.45) is 11.8 Å². The summed E-state index contributed by atoms with van der Waals surface area (Å²) in [4.78, 5) is 25.3. The van der Waals surface area contributed by atoms with E-state index in [1.807, 2.05) is 37.3 Å². The van der Waals surface area contributed by atoms with Crippen molar-refractivity contribution in [2.45, 2.75) is 79.7 Å². The van der Waals surface area contributed by atoms with E-state index >= 15 is 4.39 Å². The number of carbonyl (C=O) groups excluding carboxylic acids is 2. The Kier molecular flexibility index (Phi) is 11.0. The number of unbranched alkanes of at least 4 members (excludes halogenated alkanes) is 1. The lowest BCUT2D eigenvalue weighted by atomic mass is 9.77.